The lowest BCUT2D eigenvalue weighted by molar-refractivity contribution is -0.140. The first-order valence-electron chi connectivity index (χ1n) is 10.5. The van der Waals surface area contributed by atoms with Gasteiger partial charge in [0.2, 0.25) is 21.8 Å². The molecule has 0 aliphatic carbocycles. The summed E-state index contributed by atoms with van der Waals surface area (Å²) in [5, 5.41) is 3.40. The fraction of sp³-hybridized carbons (Fsp3) is 0.391. The van der Waals surface area contributed by atoms with E-state index < -0.39 is 16.1 Å². The lowest BCUT2D eigenvalue weighted by Crippen LogP contribution is -2.46. The standard InChI is InChI=1S/C23H29Cl2N3O5S/c1-16(23(30)26-2)27(15-17-7-8-18(24)14-21(17)25)22(29)6-5-13-28(34(4,31)32)19-9-11-20(33-3)12-10-19/h7-12,14,16H,5-6,13,15H2,1-4H3,(H,26,30). The van der Waals surface area contributed by atoms with Crippen molar-refractivity contribution in [3.63, 3.8) is 0 Å². The number of carbonyl (C=O) groups excluding carboxylic acids is 2. The van der Waals surface area contributed by atoms with Crippen molar-refractivity contribution in [1.82, 2.24) is 10.2 Å². The zero-order chi connectivity index (χ0) is 25.5. The van der Waals surface area contributed by atoms with Crippen molar-refractivity contribution in [2.45, 2.75) is 32.4 Å². The van der Waals surface area contributed by atoms with Crippen molar-refractivity contribution in [3.8, 4) is 5.75 Å². The number of hydrogen-bond acceptors (Lipinski definition) is 5. The summed E-state index contributed by atoms with van der Waals surface area (Å²) in [6.45, 7) is 1.83. The predicted octanol–water partition coefficient (Wildman–Crippen LogP) is 3.71. The molecule has 186 valence electrons. The Balaban J connectivity index is 2.16. The fourth-order valence-electron chi connectivity index (χ4n) is 3.38. The van der Waals surface area contributed by atoms with Crippen LogP contribution in [0.1, 0.15) is 25.3 Å². The van der Waals surface area contributed by atoms with Gasteiger partial charge in [-0.1, -0.05) is 29.3 Å². The Kier molecular flexibility index (Phi) is 10.0. The van der Waals surface area contributed by atoms with E-state index >= 15 is 0 Å². The largest absolute Gasteiger partial charge is 0.497 e. The topological polar surface area (TPSA) is 96.0 Å². The third-order valence-electron chi connectivity index (χ3n) is 5.28. The number of amides is 2. The van der Waals surface area contributed by atoms with Crippen LogP contribution in [-0.4, -0.2) is 58.1 Å². The number of rotatable bonds is 11. The van der Waals surface area contributed by atoms with Gasteiger partial charge in [0.1, 0.15) is 11.8 Å². The monoisotopic (exact) mass is 529 g/mol. The Labute approximate surface area is 210 Å². The molecule has 2 aromatic rings. The second-order valence-corrected chi connectivity index (χ2v) is 10.4. The van der Waals surface area contributed by atoms with Gasteiger partial charge in [0.15, 0.2) is 0 Å². The lowest BCUT2D eigenvalue weighted by atomic mass is 10.1. The Morgan fingerprint density at radius 2 is 1.76 bits per heavy atom. The van der Waals surface area contributed by atoms with E-state index in [0.717, 1.165) is 6.26 Å². The average Bonchev–Trinajstić information content (AvgIpc) is 2.79. The molecule has 0 aliphatic rings. The number of anilines is 1. The molecule has 1 N–H and O–H groups in total. The van der Waals surface area contributed by atoms with Gasteiger partial charge in [0.05, 0.1) is 19.1 Å². The molecule has 2 aromatic carbocycles. The first kappa shape index (κ1) is 27.8. The summed E-state index contributed by atoms with van der Waals surface area (Å²) in [7, 11) is -0.553. The van der Waals surface area contributed by atoms with Gasteiger partial charge in [-0.3, -0.25) is 13.9 Å². The summed E-state index contributed by atoms with van der Waals surface area (Å²) in [6, 6.07) is 10.8. The number of benzene rings is 2. The molecule has 1 unspecified atom stereocenters. The Morgan fingerprint density at radius 1 is 1.12 bits per heavy atom. The molecule has 0 spiro atoms. The molecule has 0 radical (unpaired) electrons. The maximum Gasteiger partial charge on any atom is 0.242 e. The first-order valence-corrected chi connectivity index (χ1v) is 13.1. The summed E-state index contributed by atoms with van der Waals surface area (Å²) in [6.07, 6.45) is 1.40. The molecular weight excluding hydrogens is 501 g/mol. The van der Waals surface area contributed by atoms with Crippen LogP contribution in [0.25, 0.3) is 0 Å². The van der Waals surface area contributed by atoms with Gasteiger partial charge < -0.3 is 15.0 Å². The van der Waals surface area contributed by atoms with Crippen LogP contribution >= 0.6 is 23.2 Å². The summed E-state index contributed by atoms with van der Waals surface area (Å²) in [5.41, 5.74) is 1.12. The molecule has 1 atom stereocenters. The number of halogens is 2. The van der Waals surface area contributed by atoms with E-state index in [-0.39, 0.29) is 37.7 Å². The highest BCUT2D eigenvalue weighted by Gasteiger charge is 2.26. The van der Waals surface area contributed by atoms with E-state index in [1.807, 2.05) is 0 Å². The number of nitrogens with zero attached hydrogens (tertiary/aromatic N) is 2. The van der Waals surface area contributed by atoms with Crippen molar-refractivity contribution in [2.75, 3.05) is 31.3 Å². The van der Waals surface area contributed by atoms with Crippen molar-refractivity contribution < 1.29 is 22.7 Å². The van der Waals surface area contributed by atoms with Gasteiger partial charge in [0.25, 0.3) is 0 Å². The van der Waals surface area contributed by atoms with Crippen LogP contribution in [0.15, 0.2) is 42.5 Å². The molecule has 0 aliphatic heterocycles. The second-order valence-electron chi connectivity index (χ2n) is 7.68. The maximum absolute atomic E-state index is 13.1. The molecule has 0 heterocycles. The van der Waals surface area contributed by atoms with Crippen molar-refractivity contribution in [2.24, 2.45) is 0 Å². The Bertz CT molecular complexity index is 1110. The van der Waals surface area contributed by atoms with E-state index in [9.17, 15) is 18.0 Å². The third kappa shape index (κ3) is 7.51. The van der Waals surface area contributed by atoms with Crippen LogP contribution in [0, 0.1) is 0 Å². The molecule has 0 bridgehead atoms. The molecule has 2 amide bonds. The fourth-order valence-corrected chi connectivity index (χ4v) is 4.81. The molecule has 11 heteroatoms. The van der Waals surface area contributed by atoms with E-state index in [2.05, 4.69) is 5.32 Å². The number of hydrogen-bond donors (Lipinski definition) is 1. The first-order chi connectivity index (χ1) is 16.0. The average molecular weight is 530 g/mol. The van der Waals surface area contributed by atoms with Gasteiger partial charge in [-0.2, -0.15) is 0 Å². The van der Waals surface area contributed by atoms with Crippen LogP contribution in [-0.2, 0) is 26.2 Å². The van der Waals surface area contributed by atoms with Crippen LogP contribution < -0.4 is 14.4 Å². The van der Waals surface area contributed by atoms with Gasteiger partial charge >= 0.3 is 0 Å². The highest BCUT2D eigenvalue weighted by atomic mass is 35.5. The van der Waals surface area contributed by atoms with E-state index in [1.54, 1.807) is 49.4 Å². The molecule has 0 saturated carbocycles. The number of carbonyl (C=O) groups is 2. The van der Waals surface area contributed by atoms with Gasteiger partial charge in [-0.05, 0) is 55.3 Å². The summed E-state index contributed by atoms with van der Waals surface area (Å²) in [4.78, 5) is 26.8. The number of likely N-dealkylation sites (N-methyl/N-ethyl adjacent to an activating group) is 1. The van der Waals surface area contributed by atoms with Crippen LogP contribution in [0.4, 0.5) is 5.69 Å². The highest BCUT2D eigenvalue weighted by molar-refractivity contribution is 7.92. The smallest absolute Gasteiger partial charge is 0.242 e. The molecule has 0 aromatic heterocycles. The summed E-state index contributed by atoms with van der Waals surface area (Å²) in [5.74, 6) is -0.0215. The van der Waals surface area contributed by atoms with E-state index in [4.69, 9.17) is 27.9 Å². The number of nitrogens with one attached hydrogen (secondary N) is 1. The predicted molar refractivity (Wildman–Crippen MR) is 135 cm³/mol. The molecule has 34 heavy (non-hydrogen) atoms. The number of ether oxygens (including phenoxy) is 1. The third-order valence-corrected chi connectivity index (χ3v) is 7.06. The van der Waals surface area contributed by atoms with E-state index in [0.29, 0.717) is 27.0 Å². The summed E-state index contributed by atoms with van der Waals surface area (Å²) < 4.78 is 31.1. The Hall–Kier alpha value is -2.49. The van der Waals surface area contributed by atoms with Gasteiger partial charge in [-0.15, -0.1) is 0 Å². The minimum absolute atomic E-state index is 0.0364. The van der Waals surface area contributed by atoms with Gasteiger partial charge in [-0.25, -0.2) is 8.42 Å². The number of sulfonamides is 1. The summed E-state index contributed by atoms with van der Waals surface area (Å²) >= 11 is 12.2. The van der Waals surface area contributed by atoms with Crippen molar-refractivity contribution in [1.29, 1.82) is 0 Å². The maximum atomic E-state index is 13.1. The SMILES string of the molecule is CNC(=O)C(C)N(Cc1ccc(Cl)cc1Cl)C(=O)CCCN(c1ccc(OC)cc1)S(C)(=O)=O. The van der Waals surface area contributed by atoms with Crippen molar-refractivity contribution >= 4 is 50.7 Å². The number of methoxy groups -OCH3 is 1. The molecular formula is C23H29Cl2N3O5S. The minimum atomic E-state index is -3.57. The van der Waals surface area contributed by atoms with E-state index in [1.165, 1.54) is 23.4 Å². The van der Waals surface area contributed by atoms with Gasteiger partial charge in [0, 0.05) is 36.6 Å². The quantitative estimate of drug-likeness (QED) is 0.478. The Morgan fingerprint density at radius 3 is 2.29 bits per heavy atom. The van der Waals surface area contributed by atoms with Crippen molar-refractivity contribution in [3.05, 3.63) is 58.1 Å². The second kappa shape index (κ2) is 12.3. The molecule has 0 saturated heterocycles. The van der Waals surface area contributed by atoms with Crippen LogP contribution in [0.2, 0.25) is 10.0 Å². The molecule has 2 rings (SSSR count). The minimum Gasteiger partial charge on any atom is -0.497 e. The molecule has 8 nitrogen and oxygen atoms in total. The zero-order valence-corrected chi connectivity index (χ0v) is 21.9. The van der Waals surface area contributed by atoms with Crippen LogP contribution in [0.5, 0.6) is 5.75 Å². The highest BCUT2D eigenvalue weighted by Crippen LogP contribution is 2.25. The molecule has 0 fully saturated rings. The lowest BCUT2D eigenvalue weighted by Gasteiger charge is -2.29. The van der Waals surface area contributed by atoms with Crippen LogP contribution in [0.3, 0.4) is 0 Å². The zero-order valence-electron chi connectivity index (χ0n) is 19.5. The normalized spacial score (nSPS) is 12.1.